The van der Waals surface area contributed by atoms with Crippen molar-refractivity contribution in [3.63, 3.8) is 0 Å². The van der Waals surface area contributed by atoms with E-state index in [2.05, 4.69) is 12.2 Å². The number of fused-ring (bicyclic) bond motifs is 2. The molecule has 116 valence electrons. The molecule has 3 atom stereocenters. The molecule has 1 aliphatic carbocycles. The van der Waals surface area contributed by atoms with E-state index in [1.165, 1.54) is 12.5 Å². The lowest BCUT2D eigenvalue weighted by atomic mass is 9.80. The van der Waals surface area contributed by atoms with E-state index in [0.717, 1.165) is 37.8 Å². The van der Waals surface area contributed by atoms with Crippen LogP contribution in [0.25, 0.3) is 0 Å². The molecule has 1 N–H and O–H groups in total. The zero-order valence-corrected chi connectivity index (χ0v) is 12.0. The first-order valence-electron chi connectivity index (χ1n) is 7.62. The second-order valence-corrected chi connectivity index (χ2v) is 6.08. The molecule has 1 heterocycles. The van der Waals surface area contributed by atoms with Crippen LogP contribution in [-0.4, -0.2) is 12.1 Å². The largest absolute Gasteiger partial charge is 0.486 e. The van der Waals surface area contributed by atoms with E-state index in [0.29, 0.717) is 17.4 Å². The van der Waals surface area contributed by atoms with Crippen LogP contribution in [0.2, 0.25) is 0 Å². The fourth-order valence-electron chi connectivity index (χ4n) is 3.48. The molecule has 0 radical (unpaired) electrons. The minimum atomic E-state index is -4.31. The van der Waals surface area contributed by atoms with E-state index in [-0.39, 0.29) is 12.1 Å². The summed E-state index contributed by atoms with van der Waals surface area (Å²) in [7, 11) is 0. The monoisotopic (exact) mass is 299 g/mol. The molecule has 21 heavy (non-hydrogen) atoms. The average molecular weight is 299 g/mol. The summed E-state index contributed by atoms with van der Waals surface area (Å²) in [6, 6.07) is 3.81. The van der Waals surface area contributed by atoms with Gasteiger partial charge in [0.15, 0.2) is 0 Å². The first kappa shape index (κ1) is 14.5. The third-order valence-corrected chi connectivity index (χ3v) is 4.52. The van der Waals surface area contributed by atoms with Crippen molar-refractivity contribution in [2.45, 2.75) is 57.3 Å². The summed E-state index contributed by atoms with van der Waals surface area (Å²) in [6.45, 7) is 2.17. The predicted molar refractivity (Wildman–Crippen MR) is 75.5 cm³/mol. The van der Waals surface area contributed by atoms with Gasteiger partial charge in [-0.2, -0.15) is 13.2 Å². The third-order valence-electron chi connectivity index (χ3n) is 4.52. The van der Waals surface area contributed by atoms with Crippen LogP contribution in [0.5, 0.6) is 5.75 Å². The Morgan fingerprint density at radius 2 is 2.10 bits per heavy atom. The number of ether oxygens (including phenoxy) is 1. The maximum atomic E-state index is 12.8. The molecule has 0 bridgehead atoms. The molecule has 1 saturated carbocycles. The zero-order chi connectivity index (χ0) is 15.0. The number of alkyl halides is 3. The molecule has 1 aromatic carbocycles. The summed E-state index contributed by atoms with van der Waals surface area (Å²) < 4.78 is 44.3. The van der Waals surface area contributed by atoms with E-state index in [9.17, 15) is 13.2 Å². The van der Waals surface area contributed by atoms with E-state index >= 15 is 0 Å². The number of hydrogen-bond donors (Lipinski definition) is 1. The van der Waals surface area contributed by atoms with Gasteiger partial charge >= 0.3 is 6.18 Å². The number of nitrogens with one attached hydrogen (secondary N) is 1. The van der Waals surface area contributed by atoms with Gasteiger partial charge in [-0.3, -0.25) is 0 Å². The Balaban J connectivity index is 1.79. The van der Waals surface area contributed by atoms with E-state index in [1.807, 2.05) is 0 Å². The molecule has 0 saturated heterocycles. The summed E-state index contributed by atoms with van der Waals surface area (Å²) in [5.74, 6) is 1.19. The van der Waals surface area contributed by atoms with Gasteiger partial charge in [0.2, 0.25) is 0 Å². The van der Waals surface area contributed by atoms with Crippen LogP contribution in [0.3, 0.4) is 0 Å². The third kappa shape index (κ3) is 2.97. The quantitative estimate of drug-likeness (QED) is 0.843. The van der Waals surface area contributed by atoms with Gasteiger partial charge in [-0.1, -0.05) is 19.8 Å². The van der Waals surface area contributed by atoms with Crippen LogP contribution >= 0.6 is 0 Å². The van der Waals surface area contributed by atoms with Crippen molar-refractivity contribution in [1.29, 1.82) is 0 Å². The van der Waals surface area contributed by atoms with Crippen molar-refractivity contribution in [1.82, 2.24) is 0 Å². The second kappa shape index (κ2) is 5.43. The molecule has 3 unspecified atom stereocenters. The number of benzene rings is 1. The van der Waals surface area contributed by atoms with Crippen molar-refractivity contribution in [3.8, 4) is 5.75 Å². The molecule has 3 rings (SSSR count). The van der Waals surface area contributed by atoms with Crippen molar-refractivity contribution in [3.05, 3.63) is 23.8 Å². The molecule has 0 amide bonds. The Hall–Kier alpha value is -1.39. The first-order chi connectivity index (χ1) is 9.97. The SMILES string of the molecule is CCCC1CCC2Oc3ccc(C(F)(F)F)cc3NC2C1. The molecule has 0 spiro atoms. The van der Waals surface area contributed by atoms with Crippen molar-refractivity contribution < 1.29 is 17.9 Å². The van der Waals surface area contributed by atoms with E-state index in [4.69, 9.17) is 4.74 Å². The Kier molecular flexibility index (Phi) is 3.76. The van der Waals surface area contributed by atoms with Crippen LogP contribution in [-0.2, 0) is 6.18 Å². The predicted octanol–water partition coefficient (Wildman–Crippen LogP) is 4.85. The minimum absolute atomic E-state index is 0.0855. The Morgan fingerprint density at radius 1 is 1.29 bits per heavy atom. The van der Waals surface area contributed by atoms with Crippen LogP contribution < -0.4 is 10.1 Å². The van der Waals surface area contributed by atoms with Gasteiger partial charge in [0.1, 0.15) is 11.9 Å². The van der Waals surface area contributed by atoms with Crippen LogP contribution in [0.4, 0.5) is 18.9 Å². The smallest absolute Gasteiger partial charge is 0.416 e. The fourth-order valence-corrected chi connectivity index (χ4v) is 3.48. The highest BCUT2D eigenvalue weighted by molar-refractivity contribution is 5.61. The highest BCUT2D eigenvalue weighted by Crippen LogP contribution is 2.41. The lowest BCUT2D eigenvalue weighted by molar-refractivity contribution is -0.137. The summed E-state index contributed by atoms with van der Waals surface area (Å²) in [5.41, 5.74) is -0.153. The zero-order valence-electron chi connectivity index (χ0n) is 12.0. The molecule has 1 aliphatic heterocycles. The summed E-state index contributed by atoms with van der Waals surface area (Å²) in [6.07, 6.45) is 1.20. The Morgan fingerprint density at radius 3 is 2.81 bits per heavy atom. The average Bonchev–Trinajstić information content (AvgIpc) is 2.44. The number of halogens is 3. The normalized spacial score (nSPS) is 28.1. The summed E-state index contributed by atoms with van der Waals surface area (Å²) >= 11 is 0. The standard InChI is InChI=1S/C16H20F3NO/c1-2-3-10-4-6-14-12(8-10)20-13-9-11(16(17,18)19)5-7-15(13)21-14/h5,7,9-10,12,14,20H,2-4,6,8H2,1H3. The van der Waals surface area contributed by atoms with Gasteiger partial charge in [-0.15, -0.1) is 0 Å². The summed E-state index contributed by atoms with van der Waals surface area (Å²) in [4.78, 5) is 0. The molecule has 2 nitrogen and oxygen atoms in total. The van der Waals surface area contributed by atoms with Crippen molar-refractivity contribution in [2.75, 3.05) is 5.32 Å². The first-order valence-corrected chi connectivity index (χ1v) is 7.62. The molecule has 1 fully saturated rings. The molecule has 1 aromatic rings. The van der Waals surface area contributed by atoms with Gasteiger partial charge in [0.05, 0.1) is 17.3 Å². The number of rotatable bonds is 2. The molecular weight excluding hydrogens is 279 g/mol. The van der Waals surface area contributed by atoms with E-state index in [1.54, 1.807) is 0 Å². The van der Waals surface area contributed by atoms with Crippen molar-refractivity contribution in [2.24, 2.45) is 5.92 Å². The number of hydrogen-bond acceptors (Lipinski definition) is 2. The maximum absolute atomic E-state index is 12.8. The molecule has 5 heteroatoms. The Bertz CT molecular complexity index is 515. The van der Waals surface area contributed by atoms with Gasteiger partial charge in [-0.05, 0) is 43.4 Å². The maximum Gasteiger partial charge on any atom is 0.416 e. The van der Waals surface area contributed by atoms with Crippen LogP contribution in [0.1, 0.15) is 44.6 Å². The molecule has 0 aromatic heterocycles. The van der Waals surface area contributed by atoms with Gasteiger partial charge in [0, 0.05) is 0 Å². The fraction of sp³-hybridized carbons (Fsp3) is 0.625. The highest BCUT2D eigenvalue weighted by Gasteiger charge is 2.37. The molecular formula is C16H20F3NO. The van der Waals surface area contributed by atoms with Gasteiger partial charge in [-0.25, -0.2) is 0 Å². The minimum Gasteiger partial charge on any atom is -0.486 e. The van der Waals surface area contributed by atoms with Gasteiger partial charge < -0.3 is 10.1 Å². The van der Waals surface area contributed by atoms with Gasteiger partial charge in [0.25, 0.3) is 0 Å². The van der Waals surface area contributed by atoms with Crippen LogP contribution in [0, 0.1) is 5.92 Å². The highest BCUT2D eigenvalue weighted by atomic mass is 19.4. The van der Waals surface area contributed by atoms with E-state index < -0.39 is 11.7 Å². The second-order valence-electron chi connectivity index (χ2n) is 6.08. The lowest BCUT2D eigenvalue weighted by Gasteiger charge is -2.41. The lowest BCUT2D eigenvalue weighted by Crippen LogP contribution is -2.45. The van der Waals surface area contributed by atoms with Crippen LogP contribution in [0.15, 0.2) is 18.2 Å². The summed E-state index contributed by atoms with van der Waals surface area (Å²) in [5, 5.41) is 3.27. The topological polar surface area (TPSA) is 21.3 Å². The molecule has 2 aliphatic rings. The number of anilines is 1. The Labute approximate surface area is 122 Å². The van der Waals surface area contributed by atoms with Crippen molar-refractivity contribution >= 4 is 5.69 Å².